The van der Waals surface area contributed by atoms with E-state index in [4.69, 9.17) is 4.74 Å². The molecule has 254 valence electrons. The first-order chi connectivity index (χ1) is 23.3. The number of imide groups is 1. The topological polar surface area (TPSA) is 140 Å². The van der Waals surface area contributed by atoms with Gasteiger partial charge < -0.3 is 25.2 Å². The summed E-state index contributed by atoms with van der Waals surface area (Å²) in [5.74, 6) is 0.876. The highest BCUT2D eigenvalue weighted by Crippen LogP contribution is 2.35. The van der Waals surface area contributed by atoms with E-state index in [9.17, 15) is 24.0 Å². The number of carbonyl (C=O) groups excluding carboxylic acids is 5. The van der Waals surface area contributed by atoms with Crippen LogP contribution in [0.15, 0.2) is 42.5 Å². The number of thioether (sulfide) groups is 1. The van der Waals surface area contributed by atoms with Crippen molar-refractivity contribution >= 4 is 41.4 Å². The second-order valence-corrected chi connectivity index (χ2v) is 14.6. The molecule has 4 saturated heterocycles. The van der Waals surface area contributed by atoms with Crippen LogP contribution < -0.4 is 20.7 Å². The molecule has 5 aliphatic heterocycles. The van der Waals surface area contributed by atoms with Crippen LogP contribution in [0, 0.1) is 0 Å². The Kier molecular flexibility index (Phi) is 9.58. The van der Waals surface area contributed by atoms with Gasteiger partial charge in [0.25, 0.3) is 5.91 Å². The smallest absolute Gasteiger partial charge is 0.315 e. The number of benzene rings is 2. The van der Waals surface area contributed by atoms with Crippen LogP contribution in [0.2, 0.25) is 0 Å². The zero-order valence-corrected chi connectivity index (χ0v) is 27.8. The van der Waals surface area contributed by atoms with Gasteiger partial charge in [0.15, 0.2) is 0 Å². The van der Waals surface area contributed by atoms with E-state index in [0.29, 0.717) is 36.0 Å². The molecule has 0 aliphatic carbocycles. The van der Waals surface area contributed by atoms with Gasteiger partial charge in [0.2, 0.25) is 17.7 Å². The largest absolute Gasteiger partial charge is 0.489 e. The second-order valence-electron chi connectivity index (χ2n) is 13.3. The summed E-state index contributed by atoms with van der Waals surface area (Å²) in [4.78, 5) is 67.4. The lowest BCUT2D eigenvalue weighted by molar-refractivity contribution is -0.137. The minimum atomic E-state index is -0.659. The summed E-state index contributed by atoms with van der Waals surface area (Å²) in [6.45, 7) is 4.62. The lowest BCUT2D eigenvalue weighted by atomic mass is 10.0. The Morgan fingerprint density at radius 2 is 1.73 bits per heavy atom. The van der Waals surface area contributed by atoms with Gasteiger partial charge in [-0.1, -0.05) is 36.8 Å². The number of fused-ring (bicyclic) bond motifs is 2. The number of amides is 6. The number of hydrogen-bond donors (Lipinski definition) is 3. The summed E-state index contributed by atoms with van der Waals surface area (Å²) in [5.41, 5.74) is 3.50. The van der Waals surface area contributed by atoms with Gasteiger partial charge in [-0.15, -0.1) is 0 Å². The molecule has 6 amide bonds. The van der Waals surface area contributed by atoms with Crippen LogP contribution >= 0.6 is 11.8 Å². The minimum absolute atomic E-state index is 0.0536. The van der Waals surface area contributed by atoms with Crippen molar-refractivity contribution in [2.45, 2.75) is 81.6 Å². The summed E-state index contributed by atoms with van der Waals surface area (Å²) >= 11 is 1.92. The molecular weight excluding hydrogens is 632 g/mol. The first-order valence-corrected chi connectivity index (χ1v) is 18.0. The van der Waals surface area contributed by atoms with E-state index < -0.39 is 11.9 Å². The standard InChI is InChI=1S/C35H42N6O6S/c42-30-13-12-27(33(44)37-30)41-19-25-24(34(41)45)4-3-5-28(25)47-20-23-10-8-22(9-11-23)18-39-14-16-40(17-15-39)31(43)7-2-1-6-29-32-26(21-48-29)36-35(46)38-32/h3-5,8-11,26-27,29,32H,1-2,6-7,12-21H2,(H2,36,38,46)(H,37,42,44). The van der Waals surface area contributed by atoms with Crippen LogP contribution in [0.4, 0.5) is 4.79 Å². The van der Waals surface area contributed by atoms with Crippen LogP contribution in [0.1, 0.15) is 65.6 Å². The number of ether oxygens (including phenoxy) is 1. The molecule has 3 N–H and O–H groups in total. The maximum Gasteiger partial charge on any atom is 0.315 e. The van der Waals surface area contributed by atoms with Gasteiger partial charge >= 0.3 is 6.03 Å². The van der Waals surface area contributed by atoms with Crippen LogP contribution in [-0.2, 0) is 34.1 Å². The summed E-state index contributed by atoms with van der Waals surface area (Å²) < 4.78 is 6.17. The monoisotopic (exact) mass is 674 g/mol. The third-order valence-corrected chi connectivity index (χ3v) is 11.7. The highest BCUT2D eigenvalue weighted by atomic mass is 32.2. The van der Waals surface area contributed by atoms with Crippen molar-refractivity contribution in [3.05, 3.63) is 64.7 Å². The molecule has 2 aromatic rings. The molecule has 4 fully saturated rings. The van der Waals surface area contributed by atoms with Gasteiger partial charge in [-0.05, 0) is 42.5 Å². The summed E-state index contributed by atoms with van der Waals surface area (Å²) in [5, 5.41) is 8.80. The Bertz CT molecular complexity index is 1580. The fourth-order valence-corrected chi connectivity index (χ4v) is 8.97. The Balaban J connectivity index is 0.826. The molecule has 2 aromatic carbocycles. The van der Waals surface area contributed by atoms with Crippen molar-refractivity contribution < 1.29 is 28.7 Å². The quantitative estimate of drug-likeness (QED) is 0.188. The molecule has 48 heavy (non-hydrogen) atoms. The number of piperidine rings is 1. The highest BCUT2D eigenvalue weighted by Gasteiger charge is 2.43. The van der Waals surface area contributed by atoms with Crippen LogP contribution in [0.5, 0.6) is 5.75 Å². The molecule has 4 unspecified atom stereocenters. The Hall–Kier alpha value is -4.10. The zero-order chi connectivity index (χ0) is 33.2. The molecule has 0 spiro atoms. The number of hydrogen-bond acceptors (Lipinski definition) is 8. The molecular formula is C35H42N6O6S. The van der Waals surface area contributed by atoms with E-state index in [1.54, 1.807) is 12.1 Å². The van der Waals surface area contributed by atoms with Crippen LogP contribution in [-0.4, -0.2) is 99.7 Å². The van der Waals surface area contributed by atoms with Crippen molar-refractivity contribution in [1.29, 1.82) is 0 Å². The van der Waals surface area contributed by atoms with Gasteiger partial charge in [-0.2, -0.15) is 11.8 Å². The third-order valence-electron chi connectivity index (χ3n) is 10.2. The molecule has 0 saturated carbocycles. The van der Waals surface area contributed by atoms with Crippen molar-refractivity contribution in [1.82, 2.24) is 30.7 Å². The number of piperazine rings is 1. The number of nitrogens with zero attached hydrogens (tertiary/aromatic N) is 3. The molecule has 5 heterocycles. The van der Waals surface area contributed by atoms with Crippen molar-refractivity contribution in [2.24, 2.45) is 0 Å². The molecule has 12 nitrogen and oxygen atoms in total. The van der Waals surface area contributed by atoms with E-state index in [1.807, 2.05) is 22.7 Å². The molecule has 13 heteroatoms. The lowest BCUT2D eigenvalue weighted by Gasteiger charge is -2.35. The van der Waals surface area contributed by atoms with Crippen LogP contribution in [0.25, 0.3) is 0 Å². The van der Waals surface area contributed by atoms with Gasteiger partial charge in [-0.25, -0.2) is 4.79 Å². The lowest BCUT2D eigenvalue weighted by Crippen LogP contribution is -2.52. The highest BCUT2D eigenvalue weighted by molar-refractivity contribution is 8.00. The van der Waals surface area contributed by atoms with Gasteiger partial charge in [-0.3, -0.25) is 29.4 Å². The Morgan fingerprint density at radius 1 is 0.938 bits per heavy atom. The maximum atomic E-state index is 13.1. The first-order valence-electron chi connectivity index (χ1n) is 17.0. The fraction of sp³-hybridized carbons (Fsp3) is 0.514. The van der Waals surface area contributed by atoms with E-state index in [0.717, 1.165) is 68.9 Å². The average molecular weight is 675 g/mol. The number of rotatable bonds is 11. The normalized spacial score (nSPS) is 25.4. The second kappa shape index (κ2) is 14.2. The summed E-state index contributed by atoms with van der Waals surface area (Å²) in [7, 11) is 0. The molecule has 5 aliphatic rings. The zero-order valence-electron chi connectivity index (χ0n) is 26.9. The van der Waals surface area contributed by atoms with Gasteiger partial charge in [0.05, 0.1) is 18.6 Å². The van der Waals surface area contributed by atoms with E-state index in [-0.39, 0.29) is 48.8 Å². The van der Waals surface area contributed by atoms with Crippen molar-refractivity contribution in [2.75, 3.05) is 31.9 Å². The van der Waals surface area contributed by atoms with Crippen molar-refractivity contribution in [3.63, 3.8) is 0 Å². The molecule has 0 aromatic heterocycles. The first kappa shape index (κ1) is 32.4. The SMILES string of the molecule is O=C1CCC(N2Cc3c(OCc4ccc(CN5CCN(C(=O)CCCCC6SCC7NC(=O)NC76)CC5)cc4)cccc3C2=O)C(=O)N1. The van der Waals surface area contributed by atoms with E-state index >= 15 is 0 Å². The Morgan fingerprint density at radius 3 is 2.52 bits per heavy atom. The van der Waals surface area contributed by atoms with Crippen molar-refractivity contribution in [3.8, 4) is 5.75 Å². The minimum Gasteiger partial charge on any atom is -0.489 e. The van der Waals surface area contributed by atoms with Gasteiger partial charge in [0.1, 0.15) is 18.4 Å². The molecule has 4 atom stereocenters. The molecule has 0 radical (unpaired) electrons. The summed E-state index contributed by atoms with van der Waals surface area (Å²) in [6, 6.07) is 13.5. The maximum absolute atomic E-state index is 13.1. The third kappa shape index (κ3) is 7.02. The predicted molar refractivity (Wildman–Crippen MR) is 179 cm³/mol. The number of carbonyl (C=O) groups is 5. The number of nitrogens with one attached hydrogen (secondary N) is 3. The predicted octanol–water partition coefficient (Wildman–Crippen LogP) is 2.40. The number of unbranched alkanes of at least 4 members (excludes halogenated alkanes) is 1. The number of urea groups is 1. The van der Waals surface area contributed by atoms with E-state index in [2.05, 4.69) is 45.1 Å². The summed E-state index contributed by atoms with van der Waals surface area (Å²) in [6.07, 6.45) is 4.04. The average Bonchev–Trinajstić information content (AvgIpc) is 3.75. The molecule has 7 rings (SSSR count). The van der Waals surface area contributed by atoms with Gasteiger partial charge in [0, 0.05) is 67.7 Å². The van der Waals surface area contributed by atoms with E-state index in [1.165, 1.54) is 10.5 Å². The Labute approximate surface area is 284 Å². The fourth-order valence-electron chi connectivity index (χ4n) is 7.43. The van der Waals surface area contributed by atoms with Crippen LogP contribution in [0.3, 0.4) is 0 Å². The molecule has 0 bridgehead atoms.